The molecule has 1 saturated carbocycles. The predicted octanol–water partition coefficient (Wildman–Crippen LogP) is 7.84. The Balaban J connectivity index is 0.000000306. The minimum atomic E-state index is -1.10. The van der Waals surface area contributed by atoms with Crippen molar-refractivity contribution in [3.05, 3.63) is 64.7 Å². The van der Waals surface area contributed by atoms with E-state index in [1.807, 2.05) is 20.8 Å². The highest BCUT2D eigenvalue weighted by Gasteiger charge is 2.46. The molecule has 2 aromatic rings. The van der Waals surface area contributed by atoms with E-state index in [2.05, 4.69) is 57.0 Å². The van der Waals surface area contributed by atoms with Gasteiger partial charge in [-0.25, -0.2) is 8.78 Å². The second-order valence-electron chi connectivity index (χ2n) is 11.2. The number of halogens is 2. The second kappa shape index (κ2) is 12.7. The molecule has 37 heavy (non-hydrogen) atoms. The highest BCUT2D eigenvalue weighted by Crippen LogP contribution is 2.40. The van der Waals surface area contributed by atoms with E-state index < -0.39 is 23.0 Å². The van der Waals surface area contributed by atoms with Crippen molar-refractivity contribution in [1.82, 2.24) is 4.90 Å². The van der Waals surface area contributed by atoms with Crippen LogP contribution in [0.3, 0.4) is 0 Å². The van der Waals surface area contributed by atoms with Crippen LogP contribution in [0.4, 0.5) is 8.78 Å². The molecule has 0 aromatic heterocycles. The summed E-state index contributed by atoms with van der Waals surface area (Å²) in [6, 6.07) is 10.8. The third kappa shape index (κ3) is 8.11. The fraction of sp³-hybridized carbons (Fsp3) is 0.548. The highest BCUT2D eigenvalue weighted by molar-refractivity contribution is 6.46. The van der Waals surface area contributed by atoms with Gasteiger partial charge in [-0.2, -0.15) is 0 Å². The molecule has 1 atom stereocenters. The van der Waals surface area contributed by atoms with Gasteiger partial charge < -0.3 is 10.0 Å². The molecule has 1 amide bonds. The summed E-state index contributed by atoms with van der Waals surface area (Å²) in [5.41, 5.74) is 2.17. The average Bonchev–Trinajstić information content (AvgIpc) is 3.62. The van der Waals surface area contributed by atoms with Crippen LogP contribution in [0.5, 0.6) is 5.75 Å². The molecule has 0 bridgehead atoms. The van der Waals surface area contributed by atoms with Crippen LogP contribution in [0.15, 0.2) is 41.4 Å². The minimum absolute atomic E-state index is 0.0352. The minimum Gasteiger partial charge on any atom is -0.503 e. The number of hydrogen-bond acceptors (Lipinski definition) is 3. The summed E-state index contributed by atoms with van der Waals surface area (Å²) in [5, 5.41) is 9.25. The van der Waals surface area contributed by atoms with E-state index in [-0.39, 0.29) is 22.6 Å². The molecule has 1 heterocycles. The number of amides is 1. The van der Waals surface area contributed by atoms with Gasteiger partial charge in [-0.05, 0) is 68.1 Å². The van der Waals surface area contributed by atoms with E-state index in [9.17, 15) is 18.7 Å². The van der Waals surface area contributed by atoms with E-state index in [1.165, 1.54) is 30.4 Å². The Labute approximate surface area is 221 Å². The topological polar surface area (TPSA) is 52.9 Å². The zero-order valence-electron chi connectivity index (χ0n) is 23.8. The predicted molar refractivity (Wildman–Crippen MR) is 148 cm³/mol. The first-order valence-electron chi connectivity index (χ1n) is 13.5. The van der Waals surface area contributed by atoms with Crippen molar-refractivity contribution < 1.29 is 18.7 Å². The van der Waals surface area contributed by atoms with Crippen LogP contribution in [0.2, 0.25) is 0 Å². The summed E-state index contributed by atoms with van der Waals surface area (Å²) >= 11 is 0. The number of nitrogens with zero attached hydrogens (tertiary/aromatic N) is 2. The van der Waals surface area contributed by atoms with Gasteiger partial charge in [-0.1, -0.05) is 77.8 Å². The Kier molecular flexibility index (Phi) is 10.4. The average molecular weight is 515 g/mol. The van der Waals surface area contributed by atoms with Gasteiger partial charge in [0.1, 0.15) is 11.4 Å². The lowest BCUT2D eigenvalue weighted by atomic mass is 9.82. The van der Waals surface area contributed by atoms with Gasteiger partial charge in [0.25, 0.3) is 5.91 Å². The molecule has 0 radical (unpaired) electrons. The summed E-state index contributed by atoms with van der Waals surface area (Å²) in [4.78, 5) is 18.9. The molecule has 4 nitrogen and oxygen atoms in total. The van der Waals surface area contributed by atoms with Gasteiger partial charge in [0.05, 0.1) is 0 Å². The van der Waals surface area contributed by atoms with Crippen LogP contribution in [0, 0.1) is 29.9 Å². The number of rotatable bonds is 6. The Hall–Kier alpha value is -2.76. The summed E-state index contributed by atoms with van der Waals surface area (Å²) in [6.45, 7) is 14.3. The van der Waals surface area contributed by atoms with Crippen molar-refractivity contribution in [2.45, 2.75) is 92.7 Å². The number of likely N-dealkylation sites (N-methyl/N-ethyl adjacent to an activating group) is 1. The molecule has 1 N–H and O–H groups in total. The Bertz CT molecular complexity index is 1060. The highest BCUT2D eigenvalue weighted by atomic mass is 19.1. The maximum Gasteiger partial charge on any atom is 0.274 e. The number of aryl methyl sites for hydroxylation is 1. The van der Waals surface area contributed by atoms with Crippen molar-refractivity contribution in [2.24, 2.45) is 16.3 Å². The molecular weight excluding hydrogens is 470 g/mol. The first-order chi connectivity index (χ1) is 17.3. The van der Waals surface area contributed by atoms with Crippen molar-refractivity contribution in [2.75, 3.05) is 7.05 Å². The number of benzene rings is 2. The summed E-state index contributed by atoms with van der Waals surface area (Å²) in [5.74, 6) is -2.61. The van der Waals surface area contributed by atoms with Crippen molar-refractivity contribution >= 4 is 11.6 Å². The van der Waals surface area contributed by atoms with E-state index in [4.69, 9.17) is 0 Å². The number of phenolic OH excluding ortho intramolecular Hbond substituents is 1. The molecule has 2 aromatic carbocycles. The number of phenols is 1. The number of carbonyl (C=O) groups is 1. The van der Waals surface area contributed by atoms with E-state index in [0.717, 1.165) is 24.5 Å². The van der Waals surface area contributed by atoms with E-state index in [1.54, 1.807) is 11.9 Å². The molecule has 1 fully saturated rings. The van der Waals surface area contributed by atoms with E-state index in [0.29, 0.717) is 12.8 Å². The first-order valence-corrected chi connectivity index (χ1v) is 13.5. The van der Waals surface area contributed by atoms with Crippen LogP contribution < -0.4 is 0 Å². The normalized spacial score (nSPS) is 19.0. The van der Waals surface area contributed by atoms with Gasteiger partial charge in [0.2, 0.25) is 0 Å². The SMILES string of the molecule is CC.CCCC1(CC(C)(C)C)N=C(c2cc(F)c(O)c(F)c2)C(=O)N1C.Cc1ccc(CC2CC2)cc1. The van der Waals surface area contributed by atoms with E-state index >= 15 is 0 Å². The molecule has 0 spiro atoms. The Morgan fingerprint density at radius 3 is 2.08 bits per heavy atom. The molecule has 4 rings (SSSR count). The van der Waals surface area contributed by atoms with Gasteiger partial charge in [-0.15, -0.1) is 0 Å². The Morgan fingerprint density at radius 2 is 1.62 bits per heavy atom. The molecule has 1 unspecified atom stereocenters. The molecule has 2 aliphatic rings. The Morgan fingerprint density at radius 1 is 1.08 bits per heavy atom. The molecule has 204 valence electrons. The number of aliphatic imine (C=N–C) groups is 1. The lowest BCUT2D eigenvalue weighted by Gasteiger charge is -2.38. The summed E-state index contributed by atoms with van der Waals surface area (Å²) in [7, 11) is 1.67. The van der Waals surface area contributed by atoms with Crippen LogP contribution >= 0.6 is 0 Å². The zero-order chi connectivity index (χ0) is 28.0. The smallest absolute Gasteiger partial charge is 0.274 e. The summed E-state index contributed by atoms with van der Waals surface area (Å²) in [6.07, 6.45) is 6.34. The molecule has 0 saturated heterocycles. The maximum atomic E-state index is 13.7. The van der Waals surface area contributed by atoms with Crippen molar-refractivity contribution in [1.29, 1.82) is 0 Å². The van der Waals surface area contributed by atoms with Crippen LogP contribution in [0.25, 0.3) is 0 Å². The van der Waals surface area contributed by atoms with Gasteiger partial charge in [0.15, 0.2) is 17.4 Å². The number of aromatic hydroxyl groups is 1. The van der Waals surface area contributed by atoms with Crippen LogP contribution in [-0.4, -0.2) is 34.3 Å². The number of hydrogen-bond donors (Lipinski definition) is 1. The molecule has 1 aliphatic heterocycles. The third-order valence-corrected chi connectivity index (χ3v) is 6.55. The molecule has 6 heteroatoms. The lowest BCUT2D eigenvalue weighted by molar-refractivity contribution is -0.127. The van der Waals surface area contributed by atoms with Crippen LogP contribution in [0.1, 0.15) is 90.3 Å². The van der Waals surface area contributed by atoms with Crippen molar-refractivity contribution in [3.8, 4) is 5.75 Å². The monoisotopic (exact) mass is 514 g/mol. The van der Waals surface area contributed by atoms with Gasteiger partial charge in [0, 0.05) is 12.6 Å². The third-order valence-electron chi connectivity index (χ3n) is 6.55. The quantitative estimate of drug-likeness (QED) is 0.427. The number of carbonyl (C=O) groups excluding carboxylic acids is 1. The second-order valence-corrected chi connectivity index (χ2v) is 11.2. The zero-order valence-corrected chi connectivity index (χ0v) is 23.8. The first kappa shape index (κ1) is 30.5. The van der Waals surface area contributed by atoms with Gasteiger partial charge in [-0.3, -0.25) is 9.79 Å². The van der Waals surface area contributed by atoms with Gasteiger partial charge >= 0.3 is 0 Å². The lowest BCUT2D eigenvalue weighted by Crippen LogP contribution is -2.46. The summed E-state index contributed by atoms with van der Waals surface area (Å²) < 4.78 is 27.3. The fourth-order valence-electron chi connectivity index (χ4n) is 4.67. The molecule has 1 aliphatic carbocycles. The largest absolute Gasteiger partial charge is 0.503 e. The van der Waals surface area contributed by atoms with Crippen LogP contribution in [-0.2, 0) is 11.2 Å². The fourth-order valence-corrected chi connectivity index (χ4v) is 4.67. The molecular formula is C31H44F2N2O2. The maximum absolute atomic E-state index is 13.7. The van der Waals surface area contributed by atoms with Crippen molar-refractivity contribution in [3.63, 3.8) is 0 Å². The standard InChI is InChI=1S/C18H24F2N2O2.C11H14.C2H6/c1-6-7-18(10-17(2,3)4)21-14(16(24)22(18)5)11-8-12(19)15(23)13(20)9-11;1-9-2-4-10(5-3-9)8-11-6-7-11;1-2/h8-9,23H,6-7,10H2,1-5H3;2-5,11H,6-8H2,1H3;1-2H3.